The minimum absolute atomic E-state index is 0.330. The Bertz CT molecular complexity index is 507. The molecule has 0 unspecified atom stereocenters. The van der Waals surface area contributed by atoms with Crippen LogP contribution in [0.2, 0.25) is 0 Å². The molecule has 1 aromatic rings. The Morgan fingerprint density at radius 2 is 1.87 bits per heavy atom. The van der Waals surface area contributed by atoms with Gasteiger partial charge in [-0.3, -0.25) is 4.79 Å². The van der Waals surface area contributed by atoms with E-state index in [0.717, 1.165) is 56.7 Å². The summed E-state index contributed by atoms with van der Waals surface area (Å²) in [4.78, 5) is 14.1. The minimum Gasteiger partial charge on any atom is -0.493 e. The van der Waals surface area contributed by atoms with Gasteiger partial charge in [-0.05, 0) is 49.3 Å². The van der Waals surface area contributed by atoms with Gasteiger partial charge in [0.1, 0.15) is 0 Å². The van der Waals surface area contributed by atoms with Crippen LogP contribution in [0.25, 0.3) is 0 Å². The van der Waals surface area contributed by atoms with E-state index in [1.54, 1.807) is 14.2 Å². The van der Waals surface area contributed by atoms with Gasteiger partial charge in [-0.2, -0.15) is 0 Å². The van der Waals surface area contributed by atoms with E-state index in [4.69, 9.17) is 9.47 Å². The lowest BCUT2D eigenvalue weighted by molar-refractivity contribution is -0.132. The number of carbonyl (C=O) groups excluding carboxylic acids is 1. The van der Waals surface area contributed by atoms with Crippen LogP contribution in [0.15, 0.2) is 18.2 Å². The van der Waals surface area contributed by atoms with Gasteiger partial charge >= 0.3 is 0 Å². The molecule has 1 fully saturated rings. The van der Waals surface area contributed by atoms with Crippen molar-refractivity contribution in [3.05, 3.63) is 23.8 Å². The van der Waals surface area contributed by atoms with Crippen LogP contribution in [-0.4, -0.2) is 38.1 Å². The zero-order chi connectivity index (χ0) is 16.7. The molecule has 1 aliphatic heterocycles. The topological polar surface area (TPSA) is 38.8 Å². The van der Waals surface area contributed by atoms with Gasteiger partial charge in [0, 0.05) is 19.5 Å². The first-order valence-corrected chi connectivity index (χ1v) is 8.66. The van der Waals surface area contributed by atoms with Gasteiger partial charge < -0.3 is 14.4 Å². The predicted molar refractivity (Wildman–Crippen MR) is 92.1 cm³/mol. The van der Waals surface area contributed by atoms with Crippen molar-refractivity contribution in [2.24, 2.45) is 5.92 Å². The number of hydrogen-bond donors (Lipinski definition) is 0. The summed E-state index contributed by atoms with van der Waals surface area (Å²) in [5, 5.41) is 0. The maximum Gasteiger partial charge on any atom is 0.222 e. The summed E-state index contributed by atoms with van der Waals surface area (Å²) in [5.74, 6) is 2.53. The lowest BCUT2D eigenvalue weighted by Crippen LogP contribution is -2.38. The van der Waals surface area contributed by atoms with E-state index in [9.17, 15) is 4.79 Å². The fraction of sp³-hybridized carbons (Fsp3) is 0.632. The number of benzene rings is 1. The van der Waals surface area contributed by atoms with Gasteiger partial charge in [0.05, 0.1) is 14.2 Å². The van der Waals surface area contributed by atoms with Crippen molar-refractivity contribution in [1.29, 1.82) is 0 Å². The van der Waals surface area contributed by atoms with Crippen molar-refractivity contribution in [3.63, 3.8) is 0 Å². The van der Waals surface area contributed by atoms with Crippen molar-refractivity contribution in [2.45, 2.75) is 45.4 Å². The summed E-state index contributed by atoms with van der Waals surface area (Å²) in [6, 6.07) is 6.15. The normalized spacial score (nSPS) is 15.5. The number of likely N-dealkylation sites (tertiary alicyclic amines) is 1. The van der Waals surface area contributed by atoms with Crippen LogP contribution in [0, 0.1) is 5.92 Å². The maximum absolute atomic E-state index is 12.1. The average Bonchev–Trinajstić information content (AvgIpc) is 2.60. The van der Waals surface area contributed by atoms with Crippen molar-refractivity contribution in [2.75, 3.05) is 27.3 Å². The molecular weight excluding hydrogens is 290 g/mol. The zero-order valence-electron chi connectivity index (χ0n) is 14.6. The SMILES string of the molecule is CCCCC(=O)N1CCC(Cc2ccc(OC)c(OC)c2)CC1. The Morgan fingerprint density at radius 1 is 1.17 bits per heavy atom. The van der Waals surface area contributed by atoms with Crippen LogP contribution in [-0.2, 0) is 11.2 Å². The largest absolute Gasteiger partial charge is 0.493 e. The van der Waals surface area contributed by atoms with E-state index in [1.807, 2.05) is 11.0 Å². The predicted octanol–water partition coefficient (Wildman–Crippen LogP) is 3.68. The number of piperidine rings is 1. The number of nitrogens with zero attached hydrogens (tertiary/aromatic N) is 1. The lowest BCUT2D eigenvalue weighted by Gasteiger charge is -2.32. The van der Waals surface area contributed by atoms with E-state index < -0.39 is 0 Å². The molecule has 0 N–H and O–H groups in total. The second kappa shape index (κ2) is 8.80. The minimum atomic E-state index is 0.330. The summed E-state index contributed by atoms with van der Waals surface area (Å²) in [6.07, 6.45) is 6.01. The smallest absolute Gasteiger partial charge is 0.222 e. The molecule has 1 amide bonds. The molecule has 23 heavy (non-hydrogen) atoms. The molecule has 1 aliphatic rings. The third-order valence-corrected chi connectivity index (χ3v) is 4.68. The highest BCUT2D eigenvalue weighted by molar-refractivity contribution is 5.76. The molecule has 128 valence electrons. The van der Waals surface area contributed by atoms with Crippen LogP contribution >= 0.6 is 0 Å². The first-order valence-electron chi connectivity index (χ1n) is 8.66. The van der Waals surface area contributed by atoms with Crippen LogP contribution < -0.4 is 9.47 Å². The Hall–Kier alpha value is -1.71. The van der Waals surface area contributed by atoms with Crippen LogP contribution in [0.5, 0.6) is 11.5 Å². The molecule has 1 aromatic carbocycles. The summed E-state index contributed by atoms with van der Waals surface area (Å²) < 4.78 is 10.7. The van der Waals surface area contributed by atoms with E-state index in [0.29, 0.717) is 18.2 Å². The number of carbonyl (C=O) groups is 1. The zero-order valence-corrected chi connectivity index (χ0v) is 14.6. The summed E-state index contributed by atoms with van der Waals surface area (Å²) >= 11 is 0. The monoisotopic (exact) mass is 319 g/mol. The van der Waals surface area contributed by atoms with Crippen LogP contribution in [0.4, 0.5) is 0 Å². The van der Waals surface area contributed by atoms with Gasteiger partial charge in [0.25, 0.3) is 0 Å². The van der Waals surface area contributed by atoms with Gasteiger partial charge in [-0.15, -0.1) is 0 Å². The standard InChI is InChI=1S/C19H29NO3/c1-4-5-6-19(21)20-11-9-15(10-12-20)13-16-7-8-17(22-2)18(14-16)23-3/h7-8,14-15H,4-6,9-13H2,1-3H3. The highest BCUT2D eigenvalue weighted by Crippen LogP contribution is 2.30. The van der Waals surface area contributed by atoms with Crippen molar-refractivity contribution in [3.8, 4) is 11.5 Å². The molecule has 4 nitrogen and oxygen atoms in total. The third-order valence-electron chi connectivity index (χ3n) is 4.68. The summed E-state index contributed by atoms with van der Waals surface area (Å²) in [5.41, 5.74) is 1.28. The van der Waals surface area contributed by atoms with Gasteiger partial charge in [-0.25, -0.2) is 0 Å². The third kappa shape index (κ3) is 4.88. The fourth-order valence-electron chi connectivity index (χ4n) is 3.21. The van der Waals surface area contributed by atoms with E-state index in [1.165, 1.54) is 5.56 Å². The van der Waals surface area contributed by atoms with Gasteiger partial charge in [0.15, 0.2) is 11.5 Å². The number of unbranched alkanes of at least 4 members (excludes halogenated alkanes) is 1. The number of rotatable bonds is 7. The molecule has 1 heterocycles. The molecule has 0 spiro atoms. The Labute approximate surface area is 139 Å². The molecule has 4 heteroatoms. The first kappa shape index (κ1) is 17.6. The molecule has 1 saturated heterocycles. The highest BCUT2D eigenvalue weighted by atomic mass is 16.5. The van der Waals surface area contributed by atoms with Gasteiger partial charge in [0.2, 0.25) is 5.91 Å². The molecule has 0 aliphatic carbocycles. The highest BCUT2D eigenvalue weighted by Gasteiger charge is 2.22. The molecule has 0 bridgehead atoms. The van der Waals surface area contributed by atoms with Crippen molar-refractivity contribution in [1.82, 2.24) is 4.90 Å². The van der Waals surface area contributed by atoms with Crippen LogP contribution in [0.1, 0.15) is 44.6 Å². The molecule has 0 radical (unpaired) electrons. The molecule has 2 rings (SSSR count). The second-order valence-corrected chi connectivity index (χ2v) is 6.32. The number of ether oxygens (including phenoxy) is 2. The molecule has 0 atom stereocenters. The Balaban J connectivity index is 1.85. The lowest BCUT2D eigenvalue weighted by atomic mass is 9.90. The van der Waals surface area contributed by atoms with Crippen molar-refractivity contribution >= 4 is 5.91 Å². The second-order valence-electron chi connectivity index (χ2n) is 6.32. The average molecular weight is 319 g/mol. The van der Waals surface area contributed by atoms with E-state index >= 15 is 0 Å². The number of amides is 1. The quantitative estimate of drug-likeness (QED) is 0.769. The first-order chi connectivity index (χ1) is 11.2. The summed E-state index contributed by atoms with van der Waals surface area (Å²) in [6.45, 7) is 3.93. The molecule has 0 aromatic heterocycles. The Kier molecular flexibility index (Phi) is 6.75. The van der Waals surface area contributed by atoms with E-state index in [2.05, 4.69) is 19.1 Å². The van der Waals surface area contributed by atoms with E-state index in [-0.39, 0.29) is 0 Å². The van der Waals surface area contributed by atoms with Crippen molar-refractivity contribution < 1.29 is 14.3 Å². The van der Waals surface area contributed by atoms with Gasteiger partial charge in [-0.1, -0.05) is 19.4 Å². The Morgan fingerprint density at radius 3 is 2.48 bits per heavy atom. The molecular formula is C19H29NO3. The number of methoxy groups -OCH3 is 2. The molecule has 0 saturated carbocycles. The summed E-state index contributed by atoms with van der Waals surface area (Å²) in [7, 11) is 3.32. The maximum atomic E-state index is 12.1. The fourth-order valence-corrected chi connectivity index (χ4v) is 3.21. The number of hydrogen-bond acceptors (Lipinski definition) is 3. The van der Waals surface area contributed by atoms with Crippen LogP contribution in [0.3, 0.4) is 0 Å².